The lowest BCUT2D eigenvalue weighted by molar-refractivity contribution is 0.0425. The zero-order chi connectivity index (χ0) is 32.8. The first-order chi connectivity index (χ1) is 22.3. The van der Waals surface area contributed by atoms with Gasteiger partial charge < -0.3 is 9.47 Å². The van der Waals surface area contributed by atoms with E-state index in [1.807, 2.05) is 24.3 Å². The molecule has 5 aromatic rings. The number of hydrogen-bond donors (Lipinski definition) is 0. The summed E-state index contributed by atoms with van der Waals surface area (Å²) in [6.07, 6.45) is 8.81. The van der Waals surface area contributed by atoms with Crippen molar-refractivity contribution in [2.24, 2.45) is 11.8 Å². The van der Waals surface area contributed by atoms with Gasteiger partial charge in [-0.25, -0.2) is 9.59 Å². The summed E-state index contributed by atoms with van der Waals surface area (Å²) in [5, 5.41) is 2.25. The Morgan fingerprint density at radius 2 is 1.07 bits per heavy atom. The number of hydrogen-bond acceptors (Lipinski definition) is 8. The zero-order valence-corrected chi connectivity index (χ0v) is 33.1. The van der Waals surface area contributed by atoms with Gasteiger partial charge in [0.2, 0.25) is 0 Å². The molecule has 0 aliphatic carbocycles. The van der Waals surface area contributed by atoms with Gasteiger partial charge in [0, 0.05) is 41.1 Å². The first-order valence-electron chi connectivity index (χ1n) is 16.2. The van der Waals surface area contributed by atoms with E-state index in [0.29, 0.717) is 34.8 Å². The highest BCUT2D eigenvalue weighted by molar-refractivity contribution is 9.11. The maximum atomic E-state index is 13.1. The number of thiophene rings is 4. The lowest BCUT2D eigenvalue weighted by Crippen LogP contribution is -2.13. The van der Waals surface area contributed by atoms with Crippen molar-refractivity contribution in [1.82, 2.24) is 0 Å². The van der Waals surface area contributed by atoms with E-state index in [-0.39, 0.29) is 11.9 Å². The first kappa shape index (κ1) is 35.7. The monoisotopic (exact) mass is 822 g/mol. The molecule has 2 unspecified atom stereocenters. The molecule has 1 aromatic carbocycles. The number of rotatable bonds is 16. The van der Waals surface area contributed by atoms with Crippen molar-refractivity contribution in [1.29, 1.82) is 0 Å². The molecule has 0 radical (unpaired) electrons. The Labute approximate surface area is 304 Å². The Balaban J connectivity index is 1.46. The largest absolute Gasteiger partial charge is 0.461 e. The molecular formula is C36H40Br2O4S4. The summed E-state index contributed by atoms with van der Waals surface area (Å²) >= 11 is 13.9. The summed E-state index contributed by atoms with van der Waals surface area (Å²) < 4.78 is 15.9. The zero-order valence-electron chi connectivity index (χ0n) is 26.7. The van der Waals surface area contributed by atoms with Crippen LogP contribution in [0.1, 0.15) is 98.4 Å². The third-order valence-corrected chi connectivity index (χ3v) is 14.0. The molecule has 0 saturated heterocycles. The van der Waals surface area contributed by atoms with Gasteiger partial charge in [0.15, 0.2) is 0 Å². The third kappa shape index (κ3) is 8.17. The minimum absolute atomic E-state index is 0.247. The van der Waals surface area contributed by atoms with Gasteiger partial charge in [0.25, 0.3) is 0 Å². The number of esters is 2. The fourth-order valence-corrected chi connectivity index (χ4v) is 11.1. The number of halogens is 2. The molecule has 0 saturated carbocycles. The second-order valence-corrected chi connectivity index (χ2v) is 18.7. The summed E-state index contributed by atoms with van der Waals surface area (Å²) in [7, 11) is 0. The molecule has 4 nitrogen and oxygen atoms in total. The molecule has 0 spiro atoms. The van der Waals surface area contributed by atoms with Crippen LogP contribution >= 0.6 is 77.2 Å². The highest BCUT2D eigenvalue weighted by atomic mass is 79.9. The van der Waals surface area contributed by atoms with Gasteiger partial charge in [-0.2, -0.15) is 0 Å². The molecule has 5 rings (SSSR count). The predicted octanol–water partition coefficient (Wildman–Crippen LogP) is 13.8. The maximum absolute atomic E-state index is 13.1. The van der Waals surface area contributed by atoms with E-state index in [0.717, 1.165) is 100.0 Å². The van der Waals surface area contributed by atoms with Crippen LogP contribution in [0.25, 0.3) is 41.1 Å². The Kier molecular flexibility index (Phi) is 13.0. The minimum Gasteiger partial charge on any atom is -0.461 e. The van der Waals surface area contributed by atoms with Crippen molar-refractivity contribution >= 4 is 109 Å². The predicted molar refractivity (Wildman–Crippen MR) is 206 cm³/mol. The Bertz CT molecular complexity index is 1610. The first-order valence-corrected chi connectivity index (χ1v) is 21.0. The summed E-state index contributed by atoms with van der Waals surface area (Å²) in [6, 6.07) is 12.2. The fraction of sp³-hybridized carbons (Fsp3) is 0.444. The number of carbonyl (C=O) groups is 2. The van der Waals surface area contributed by atoms with Crippen LogP contribution in [0.3, 0.4) is 0 Å². The van der Waals surface area contributed by atoms with Gasteiger partial charge >= 0.3 is 11.9 Å². The Morgan fingerprint density at radius 3 is 1.43 bits per heavy atom. The topological polar surface area (TPSA) is 52.6 Å². The number of ether oxygens (including phenoxy) is 2. The molecule has 0 aliphatic heterocycles. The van der Waals surface area contributed by atoms with E-state index in [1.54, 1.807) is 22.7 Å². The number of fused-ring (bicyclic) bond motifs is 2. The van der Waals surface area contributed by atoms with E-state index >= 15 is 0 Å². The van der Waals surface area contributed by atoms with Crippen LogP contribution in [0, 0.1) is 11.8 Å². The molecule has 246 valence electrons. The molecule has 0 aliphatic rings. The summed E-state index contributed by atoms with van der Waals surface area (Å²) in [6.45, 7) is 9.64. The van der Waals surface area contributed by atoms with Crippen LogP contribution < -0.4 is 0 Å². The normalized spacial score (nSPS) is 13.0. The minimum atomic E-state index is -0.247. The standard InChI is InChI=1S/C36H40Br2O4S4/c1-5-9-11-21(7-3)19-41-35(39)27-15-13-25(43-27)31-23-17-29(37)46-34(23)32(24-18-30(38)45-33(24)31)26-14-16-28(44-26)36(40)42-20-22(8-4)12-10-6-2/h13-18,21-22H,5-12,19-20H2,1-4H3. The van der Waals surface area contributed by atoms with E-state index in [2.05, 4.69) is 71.7 Å². The van der Waals surface area contributed by atoms with Crippen LogP contribution in [-0.2, 0) is 9.47 Å². The van der Waals surface area contributed by atoms with Crippen LogP contribution in [0.15, 0.2) is 44.0 Å². The average molecular weight is 825 g/mol. The second-order valence-electron chi connectivity index (χ2n) is 11.7. The molecule has 4 aromatic heterocycles. The van der Waals surface area contributed by atoms with Crippen molar-refractivity contribution in [2.75, 3.05) is 13.2 Å². The lowest BCUT2D eigenvalue weighted by atomic mass is 10.0. The van der Waals surface area contributed by atoms with Crippen LogP contribution in [0.2, 0.25) is 0 Å². The summed E-state index contributed by atoms with van der Waals surface area (Å²) in [5.74, 6) is 0.312. The molecule has 0 N–H and O–H groups in total. The number of unbranched alkanes of at least 4 members (excludes halogenated alkanes) is 2. The molecule has 0 amide bonds. The van der Waals surface area contributed by atoms with Gasteiger partial charge in [0.1, 0.15) is 9.75 Å². The summed E-state index contributed by atoms with van der Waals surface area (Å²) in [4.78, 5) is 29.5. The fourth-order valence-electron chi connectivity index (χ4n) is 5.69. The molecule has 46 heavy (non-hydrogen) atoms. The van der Waals surface area contributed by atoms with Crippen molar-refractivity contribution < 1.29 is 19.1 Å². The van der Waals surface area contributed by atoms with Gasteiger partial charge in [-0.15, -0.1) is 45.3 Å². The van der Waals surface area contributed by atoms with E-state index in [9.17, 15) is 9.59 Å². The van der Waals surface area contributed by atoms with Crippen LogP contribution in [-0.4, -0.2) is 25.2 Å². The highest BCUT2D eigenvalue weighted by Crippen LogP contribution is 2.53. The van der Waals surface area contributed by atoms with Crippen LogP contribution in [0.4, 0.5) is 0 Å². The molecular weight excluding hydrogens is 784 g/mol. The SMILES string of the molecule is CCCCC(CC)COC(=O)c1ccc(-c2c3cc(Br)sc3c(-c3ccc(C(=O)OCC(CC)CCCC)s3)c3cc(Br)sc23)s1. The van der Waals surface area contributed by atoms with Gasteiger partial charge in [-0.05, 0) is 92.9 Å². The van der Waals surface area contributed by atoms with E-state index in [1.165, 1.54) is 22.7 Å². The molecule has 4 heterocycles. The van der Waals surface area contributed by atoms with Crippen molar-refractivity contribution in [3.63, 3.8) is 0 Å². The average Bonchev–Trinajstić information content (AvgIpc) is 3.86. The van der Waals surface area contributed by atoms with Crippen molar-refractivity contribution in [3.05, 3.63) is 53.7 Å². The van der Waals surface area contributed by atoms with E-state index in [4.69, 9.17) is 9.47 Å². The molecule has 0 bridgehead atoms. The highest BCUT2D eigenvalue weighted by Gasteiger charge is 2.25. The van der Waals surface area contributed by atoms with Gasteiger partial charge in [0.05, 0.1) is 20.8 Å². The molecule has 2 atom stereocenters. The lowest BCUT2D eigenvalue weighted by Gasteiger charge is -2.14. The molecule has 0 fully saturated rings. The number of carbonyl (C=O) groups excluding carboxylic acids is 2. The summed E-state index contributed by atoms with van der Waals surface area (Å²) in [5.41, 5.74) is 2.25. The quantitative estimate of drug-likeness (QED) is 0.0930. The maximum Gasteiger partial charge on any atom is 0.348 e. The van der Waals surface area contributed by atoms with Crippen molar-refractivity contribution in [3.8, 4) is 20.9 Å². The van der Waals surface area contributed by atoms with Gasteiger partial charge in [-0.1, -0.05) is 66.2 Å². The third-order valence-electron chi connectivity index (χ3n) is 8.49. The number of benzene rings is 1. The van der Waals surface area contributed by atoms with Gasteiger partial charge in [-0.3, -0.25) is 0 Å². The van der Waals surface area contributed by atoms with E-state index < -0.39 is 0 Å². The second kappa shape index (κ2) is 16.7. The Hall–Kier alpha value is -1.56. The van der Waals surface area contributed by atoms with Crippen LogP contribution in [0.5, 0.6) is 0 Å². The van der Waals surface area contributed by atoms with Crippen molar-refractivity contribution in [2.45, 2.75) is 79.1 Å². The smallest absolute Gasteiger partial charge is 0.348 e. The Morgan fingerprint density at radius 1 is 0.652 bits per heavy atom. The molecule has 10 heteroatoms.